The number of nitrogens with one attached hydrogen (secondary N) is 1. The summed E-state index contributed by atoms with van der Waals surface area (Å²) < 4.78 is 7.76. The highest BCUT2D eigenvalue weighted by atomic mass is 32.2. The number of nitrogens with zero attached hydrogens (tertiary/aromatic N) is 3. The van der Waals surface area contributed by atoms with Crippen molar-refractivity contribution in [3.05, 3.63) is 82.3 Å². The number of thiophene rings is 1. The highest BCUT2D eigenvalue weighted by molar-refractivity contribution is 7.99. The van der Waals surface area contributed by atoms with Gasteiger partial charge < -0.3 is 14.6 Å². The second-order valence-electron chi connectivity index (χ2n) is 6.99. The van der Waals surface area contributed by atoms with Crippen molar-refractivity contribution >= 4 is 34.7 Å². The normalized spacial score (nSPS) is 10.8. The molecular formula is C23H22N4O2S2. The largest absolute Gasteiger partial charge is 0.457 e. The predicted molar refractivity (Wildman–Crippen MR) is 125 cm³/mol. The molecule has 8 heteroatoms. The average molecular weight is 451 g/mol. The van der Waals surface area contributed by atoms with Gasteiger partial charge in [0, 0.05) is 24.0 Å². The van der Waals surface area contributed by atoms with Gasteiger partial charge in [-0.1, -0.05) is 35.5 Å². The van der Waals surface area contributed by atoms with Gasteiger partial charge in [-0.15, -0.1) is 21.5 Å². The van der Waals surface area contributed by atoms with E-state index < -0.39 is 0 Å². The van der Waals surface area contributed by atoms with Crippen molar-refractivity contribution in [3.63, 3.8) is 0 Å². The number of ether oxygens (including phenoxy) is 1. The van der Waals surface area contributed by atoms with E-state index in [-0.39, 0.29) is 11.7 Å². The van der Waals surface area contributed by atoms with E-state index in [9.17, 15) is 4.79 Å². The Kier molecular flexibility index (Phi) is 6.69. The van der Waals surface area contributed by atoms with Crippen LogP contribution in [0.1, 0.15) is 16.3 Å². The fourth-order valence-corrected chi connectivity index (χ4v) is 4.30. The van der Waals surface area contributed by atoms with Crippen molar-refractivity contribution in [1.82, 2.24) is 14.8 Å². The summed E-state index contributed by atoms with van der Waals surface area (Å²) in [6, 6.07) is 19.3. The lowest BCUT2D eigenvalue weighted by atomic mass is 10.2. The number of carbonyl (C=O) groups excluding carboxylic acids is 1. The van der Waals surface area contributed by atoms with Gasteiger partial charge in [0.25, 0.3) is 0 Å². The van der Waals surface area contributed by atoms with Crippen LogP contribution in [-0.4, -0.2) is 26.4 Å². The van der Waals surface area contributed by atoms with Gasteiger partial charge in [0.15, 0.2) is 5.16 Å². The van der Waals surface area contributed by atoms with E-state index in [0.717, 1.165) is 28.8 Å². The van der Waals surface area contributed by atoms with E-state index in [1.54, 1.807) is 11.3 Å². The molecule has 2 aromatic carbocycles. The van der Waals surface area contributed by atoms with Gasteiger partial charge in [0.1, 0.15) is 17.3 Å². The molecular weight excluding hydrogens is 428 g/mol. The van der Waals surface area contributed by atoms with E-state index in [4.69, 9.17) is 4.74 Å². The molecule has 4 aromatic rings. The van der Waals surface area contributed by atoms with E-state index in [1.165, 1.54) is 22.2 Å². The number of amides is 1. The number of rotatable bonds is 8. The van der Waals surface area contributed by atoms with Crippen LogP contribution in [0.3, 0.4) is 0 Å². The number of thioether (sulfide) groups is 1. The minimum absolute atomic E-state index is 0.0972. The van der Waals surface area contributed by atoms with Crippen molar-refractivity contribution in [3.8, 4) is 11.5 Å². The number of hydrogen-bond donors (Lipinski definition) is 1. The van der Waals surface area contributed by atoms with Gasteiger partial charge in [-0.3, -0.25) is 4.79 Å². The molecule has 0 radical (unpaired) electrons. The molecule has 0 bridgehead atoms. The Morgan fingerprint density at radius 1 is 1.06 bits per heavy atom. The summed E-state index contributed by atoms with van der Waals surface area (Å²) >= 11 is 3.07. The minimum atomic E-state index is -0.0972. The summed E-state index contributed by atoms with van der Waals surface area (Å²) in [4.78, 5) is 13.6. The van der Waals surface area contributed by atoms with Crippen LogP contribution in [0.4, 0.5) is 5.69 Å². The van der Waals surface area contributed by atoms with Gasteiger partial charge in [0.05, 0.1) is 5.75 Å². The monoisotopic (exact) mass is 450 g/mol. The summed E-state index contributed by atoms with van der Waals surface area (Å²) in [5, 5.41) is 14.1. The van der Waals surface area contributed by atoms with E-state index >= 15 is 0 Å². The molecule has 31 heavy (non-hydrogen) atoms. The van der Waals surface area contributed by atoms with Crippen molar-refractivity contribution in [2.24, 2.45) is 7.05 Å². The first-order valence-corrected chi connectivity index (χ1v) is 11.6. The molecule has 4 rings (SSSR count). The first-order valence-electron chi connectivity index (χ1n) is 9.75. The molecule has 0 aliphatic rings. The molecule has 1 amide bonds. The Morgan fingerprint density at radius 2 is 1.77 bits per heavy atom. The minimum Gasteiger partial charge on any atom is -0.457 e. The summed E-state index contributed by atoms with van der Waals surface area (Å²) in [5.41, 5.74) is 1.90. The maximum Gasteiger partial charge on any atom is 0.234 e. The fraction of sp³-hybridized carbons (Fsp3) is 0.174. The number of anilines is 1. The third kappa shape index (κ3) is 5.74. The van der Waals surface area contributed by atoms with Crippen LogP contribution in [-0.2, 0) is 18.3 Å². The topological polar surface area (TPSA) is 69.0 Å². The van der Waals surface area contributed by atoms with E-state index in [2.05, 4.69) is 21.6 Å². The first-order chi connectivity index (χ1) is 15.1. The maximum atomic E-state index is 12.3. The smallest absolute Gasteiger partial charge is 0.234 e. The summed E-state index contributed by atoms with van der Waals surface area (Å²) in [7, 11) is 1.93. The number of benzene rings is 2. The zero-order chi connectivity index (χ0) is 21.6. The molecule has 158 valence electrons. The Balaban J connectivity index is 1.28. The lowest BCUT2D eigenvalue weighted by Gasteiger charge is -2.08. The van der Waals surface area contributed by atoms with Gasteiger partial charge >= 0.3 is 0 Å². The standard InChI is InChI=1S/C23H22N4O2S2/c1-16-5-9-18(10-6-16)29-19-11-7-17(8-12-19)24-22(28)15-31-23-26-25-21(27(23)2)14-20-4-3-13-30-20/h3-13H,14-15H2,1-2H3,(H,24,28). The van der Waals surface area contributed by atoms with Crippen LogP contribution in [0, 0.1) is 6.92 Å². The van der Waals surface area contributed by atoms with E-state index in [0.29, 0.717) is 5.75 Å². The molecule has 0 spiro atoms. The molecule has 0 fully saturated rings. The molecule has 0 saturated heterocycles. The van der Waals surface area contributed by atoms with Crippen LogP contribution < -0.4 is 10.1 Å². The molecule has 2 heterocycles. The Labute approximate surface area is 189 Å². The quantitative estimate of drug-likeness (QED) is 0.369. The third-order valence-electron chi connectivity index (χ3n) is 4.56. The highest BCUT2D eigenvalue weighted by Crippen LogP contribution is 2.24. The molecule has 0 atom stereocenters. The number of aromatic nitrogens is 3. The SMILES string of the molecule is Cc1ccc(Oc2ccc(NC(=O)CSc3nnc(Cc4cccs4)n3C)cc2)cc1. The number of hydrogen-bond acceptors (Lipinski definition) is 6. The predicted octanol–water partition coefficient (Wildman–Crippen LogP) is 5.30. The third-order valence-corrected chi connectivity index (χ3v) is 6.46. The second-order valence-corrected chi connectivity index (χ2v) is 8.97. The Hall–Kier alpha value is -3.10. The average Bonchev–Trinajstić information content (AvgIpc) is 3.40. The van der Waals surface area contributed by atoms with Crippen LogP contribution in [0.25, 0.3) is 0 Å². The fourth-order valence-electron chi connectivity index (χ4n) is 2.87. The lowest BCUT2D eigenvalue weighted by molar-refractivity contribution is -0.113. The Bertz CT molecular complexity index is 1140. The van der Waals surface area contributed by atoms with Crippen molar-refractivity contribution in [1.29, 1.82) is 0 Å². The van der Waals surface area contributed by atoms with Crippen molar-refractivity contribution in [2.45, 2.75) is 18.5 Å². The number of carbonyl (C=O) groups is 1. The van der Waals surface area contributed by atoms with Crippen LogP contribution >= 0.6 is 23.1 Å². The highest BCUT2D eigenvalue weighted by Gasteiger charge is 2.12. The lowest BCUT2D eigenvalue weighted by Crippen LogP contribution is -2.14. The Morgan fingerprint density at radius 3 is 2.45 bits per heavy atom. The molecule has 0 saturated carbocycles. The second kappa shape index (κ2) is 9.80. The molecule has 0 aliphatic heterocycles. The van der Waals surface area contributed by atoms with Gasteiger partial charge in [-0.05, 0) is 54.8 Å². The van der Waals surface area contributed by atoms with Crippen LogP contribution in [0.2, 0.25) is 0 Å². The van der Waals surface area contributed by atoms with E-state index in [1.807, 2.05) is 78.5 Å². The molecule has 6 nitrogen and oxygen atoms in total. The van der Waals surface area contributed by atoms with Crippen molar-refractivity contribution < 1.29 is 9.53 Å². The summed E-state index contributed by atoms with van der Waals surface area (Å²) in [6.45, 7) is 2.04. The summed E-state index contributed by atoms with van der Waals surface area (Å²) in [6.07, 6.45) is 0.741. The summed E-state index contributed by atoms with van der Waals surface area (Å²) in [5.74, 6) is 2.54. The molecule has 2 aromatic heterocycles. The maximum absolute atomic E-state index is 12.3. The first kappa shape index (κ1) is 21.1. The van der Waals surface area contributed by atoms with Gasteiger partial charge in [-0.25, -0.2) is 0 Å². The number of aryl methyl sites for hydroxylation is 1. The zero-order valence-electron chi connectivity index (χ0n) is 17.2. The van der Waals surface area contributed by atoms with Crippen LogP contribution in [0.5, 0.6) is 11.5 Å². The molecule has 1 N–H and O–H groups in total. The van der Waals surface area contributed by atoms with Crippen LogP contribution in [0.15, 0.2) is 71.2 Å². The van der Waals surface area contributed by atoms with Gasteiger partial charge in [-0.2, -0.15) is 0 Å². The zero-order valence-corrected chi connectivity index (χ0v) is 18.9. The van der Waals surface area contributed by atoms with Gasteiger partial charge in [0.2, 0.25) is 5.91 Å². The molecule has 0 aliphatic carbocycles. The molecule has 0 unspecified atom stereocenters. The van der Waals surface area contributed by atoms with Crippen molar-refractivity contribution in [2.75, 3.05) is 11.1 Å².